The molecule has 25 heavy (non-hydrogen) atoms. The average Bonchev–Trinajstić information content (AvgIpc) is 2.53. The van der Waals surface area contributed by atoms with Crippen LogP contribution in [0, 0.1) is 13.8 Å². The molecule has 2 aromatic carbocycles. The van der Waals surface area contributed by atoms with Crippen molar-refractivity contribution < 1.29 is 14.3 Å². The minimum Gasteiger partial charge on any atom is -0.487 e. The fourth-order valence-corrected chi connectivity index (χ4v) is 3.27. The van der Waals surface area contributed by atoms with E-state index in [0.717, 1.165) is 29.0 Å². The lowest BCUT2D eigenvalue weighted by molar-refractivity contribution is -0.124. The molecular weight excluding hydrogens is 314 g/mol. The number of hydrogen-bond acceptors (Lipinski definition) is 3. The topological polar surface area (TPSA) is 47.6 Å². The van der Waals surface area contributed by atoms with Crippen molar-refractivity contribution in [2.24, 2.45) is 0 Å². The summed E-state index contributed by atoms with van der Waals surface area (Å²) in [6.45, 7) is 8.09. The minimum atomic E-state index is -0.319. The number of ether oxygens (including phenoxy) is 2. The molecule has 0 radical (unpaired) electrons. The lowest BCUT2D eigenvalue weighted by Crippen LogP contribution is -2.42. The van der Waals surface area contributed by atoms with Gasteiger partial charge in [0, 0.05) is 12.0 Å². The van der Waals surface area contributed by atoms with Crippen LogP contribution in [0.15, 0.2) is 42.5 Å². The smallest absolute Gasteiger partial charge is 0.258 e. The molecular formula is C21H25NO3. The van der Waals surface area contributed by atoms with Crippen LogP contribution in [0.5, 0.6) is 11.5 Å². The Bertz CT molecular complexity index is 782. The largest absolute Gasteiger partial charge is 0.487 e. The van der Waals surface area contributed by atoms with Gasteiger partial charge >= 0.3 is 0 Å². The highest BCUT2D eigenvalue weighted by Gasteiger charge is 2.34. The van der Waals surface area contributed by atoms with E-state index in [4.69, 9.17) is 9.47 Å². The Kier molecular flexibility index (Phi) is 4.71. The molecule has 0 saturated heterocycles. The van der Waals surface area contributed by atoms with Gasteiger partial charge in [-0.1, -0.05) is 35.9 Å². The van der Waals surface area contributed by atoms with Crippen molar-refractivity contribution in [1.29, 1.82) is 0 Å². The first-order valence-corrected chi connectivity index (χ1v) is 8.61. The molecule has 0 unspecified atom stereocenters. The highest BCUT2D eigenvalue weighted by atomic mass is 16.5. The van der Waals surface area contributed by atoms with Gasteiger partial charge in [0.1, 0.15) is 17.1 Å². The lowest BCUT2D eigenvalue weighted by Gasteiger charge is -2.37. The average molecular weight is 339 g/mol. The molecule has 0 aromatic heterocycles. The van der Waals surface area contributed by atoms with E-state index in [1.807, 2.05) is 70.2 Å². The van der Waals surface area contributed by atoms with Gasteiger partial charge < -0.3 is 14.8 Å². The van der Waals surface area contributed by atoms with E-state index in [-0.39, 0.29) is 24.2 Å². The Balaban J connectivity index is 1.66. The van der Waals surface area contributed by atoms with Crippen molar-refractivity contribution in [3.63, 3.8) is 0 Å². The molecule has 1 heterocycles. The van der Waals surface area contributed by atoms with Gasteiger partial charge in [-0.25, -0.2) is 0 Å². The molecule has 0 saturated carbocycles. The summed E-state index contributed by atoms with van der Waals surface area (Å²) in [5.41, 5.74) is 2.91. The van der Waals surface area contributed by atoms with E-state index >= 15 is 0 Å². The first-order valence-electron chi connectivity index (χ1n) is 8.61. The summed E-state index contributed by atoms with van der Waals surface area (Å²) in [5.74, 6) is 1.45. The van der Waals surface area contributed by atoms with Crippen molar-refractivity contribution in [2.75, 3.05) is 6.61 Å². The molecule has 0 spiro atoms. The minimum absolute atomic E-state index is 0.00382. The summed E-state index contributed by atoms with van der Waals surface area (Å²) in [6.07, 6.45) is 0.722. The van der Waals surface area contributed by atoms with E-state index in [1.54, 1.807) is 0 Å². The van der Waals surface area contributed by atoms with Crippen molar-refractivity contribution in [3.8, 4) is 11.5 Å². The number of carbonyl (C=O) groups excluding carboxylic acids is 1. The second kappa shape index (κ2) is 6.79. The summed E-state index contributed by atoms with van der Waals surface area (Å²) in [5, 5.41) is 3.09. The number of fused-ring (bicyclic) bond motifs is 1. The maximum atomic E-state index is 12.4. The molecule has 1 amide bonds. The number of para-hydroxylation sites is 1. The normalized spacial score (nSPS) is 18.0. The summed E-state index contributed by atoms with van der Waals surface area (Å²) in [7, 11) is 0. The molecule has 1 atom stereocenters. The van der Waals surface area contributed by atoms with Gasteiger partial charge in [-0.15, -0.1) is 0 Å². The summed E-state index contributed by atoms with van der Waals surface area (Å²) >= 11 is 0. The fraction of sp³-hybridized carbons (Fsp3) is 0.381. The first kappa shape index (κ1) is 17.3. The van der Waals surface area contributed by atoms with Gasteiger partial charge in [-0.2, -0.15) is 0 Å². The van der Waals surface area contributed by atoms with Crippen LogP contribution in [0.3, 0.4) is 0 Å². The van der Waals surface area contributed by atoms with E-state index < -0.39 is 0 Å². The molecule has 4 nitrogen and oxygen atoms in total. The van der Waals surface area contributed by atoms with Gasteiger partial charge in [0.15, 0.2) is 6.61 Å². The van der Waals surface area contributed by atoms with Crippen molar-refractivity contribution in [2.45, 2.75) is 45.8 Å². The second-order valence-corrected chi connectivity index (χ2v) is 7.28. The fourth-order valence-electron chi connectivity index (χ4n) is 3.27. The Labute approximate surface area is 149 Å². The van der Waals surface area contributed by atoms with E-state index in [0.29, 0.717) is 0 Å². The van der Waals surface area contributed by atoms with Crippen LogP contribution in [-0.4, -0.2) is 18.1 Å². The number of amides is 1. The van der Waals surface area contributed by atoms with Gasteiger partial charge in [0.05, 0.1) is 6.04 Å². The monoisotopic (exact) mass is 339 g/mol. The number of benzene rings is 2. The zero-order valence-corrected chi connectivity index (χ0v) is 15.3. The Morgan fingerprint density at radius 3 is 2.76 bits per heavy atom. The third kappa shape index (κ3) is 4.13. The number of rotatable bonds is 4. The molecule has 3 rings (SSSR count). The Morgan fingerprint density at radius 1 is 1.24 bits per heavy atom. The first-order chi connectivity index (χ1) is 11.8. The SMILES string of the molecule is Cc1ccc(OCC(=O)N[C@H]2CC(C)(C)Oc3ccccc32)c(C)c1. The van der Waals surface area contributed by atoms with Crippen LogP contribution in [0.2, 0.25) is 0 Å². The molecule has 132 valence electrons. The van der Waals surface area contributed by atoms with Crippen LogP contribution in [-0.2, 0) is 4.79 Å². The third-order valence-corrected chi connectivity index (χ3v) is 4.40. The van der Waals surface area contributed by atoms with Gasteiger partial charge in [0.2, 0.25) is 0 Å². The van der Waals surface area contributed by atoms with Gasteiger partial charge in [-0.3, -0.25) is 4.79 Å². The number of carbonyl (C=O) groups is 1. The molecule has 1 N–H and O–H groups in total. The molecule has 4 heteroatoms. The predicted octanol–water partition coefficient (Wildman–Crippen LogP) is 4.10. The van der Waals surface area contributed by atoms with Crippen LogP contribution >= 0.6 is 0 Å². The standard InChI is InChI=1S/C21H25NO3/c1-14-9-10-18(15(2)11-14)24-13-20(23)22-17-12-21(3,4)25-19-8-6-5-7-16(17)19/h5-11,17H,12-13H2,1-4H3,(H,22,23)/t17-/m0/s1. The van der Waals surface area contributed by atoms with Crippen LogP contribution in [0.4, 0.5) is 0 Å². The molecule has 0 fully saturated rings. The van der Waals surface area contributed by atoms with Crippen LogP contribution in [0.1, 0.15) is 43.0 Å². The molecule has 0 bridgehead atoms. The van der Waals surface area contributed by atoms with Gasteiger partial charge in [-0.05, 0) is 45.4 Å². The third-order valence-electron chi connectivity index (χ3n) is 4.40. The van der Waals surface area contributed by atoms with Crippen molar-refractivity contribution in [1.82, 2.24) is 5.32 Å². The number of aryl methyl sites for hydroxylation is 2. The number of hydrogen-bond donors (Lipinski definition) is 1. The summed E-state index contributed by atoms with van der Waals surface area (Å²) in [6, 6.07) is 13.7. The maximum Gasteiger partial charge on any atom is 0.258 e. The Morgan fingerprint density at radius 2 is 2.00 bits per heavy atom. The predicted molar refractivity (Wildman–Crippen MR) is 98.1 cm³/mol. The molecule has 2 aromatic rings. The summed E-state index contributed by atoms with van der Waals surface area (Å²) < 4.78 is 11.7. The molecule has 1 aliphatic heterocycles. The van der Waals surface area contributed by atoms with Crippen molar-refractivity contribution in [3.05, 3.63) is 59.2 Å². The van der Waals surface area contributed by atoms with E-state index in [2.05, 4.69) is 5.32 Å². The highest BCUT2D eigenvalue weighted by Crippen LogP contribution is 2.39. The zero-order chi connectivity index (χ0) is 18.0. The van der Waals surface area contributed by atoms with Gasteiger partial charge in [0.25, 0.3) is 5.91 Å². The molecule has 1 aliphatic rings. The second-order valence-electron chi connectivity index (χ2n) is 7.28. The highest BCUT2D eigenvalue weighted by molar-refractivity contribution is 5.78. The van der Waals surface area contributed by atoms with E-state index in [1.165, 1.54) is 5.56 Å². The van der Waals surface area contributed by atoms with Crippen LogP contribution < -0.4 is 14.8 Å². The van der Waals surface area contributed by atoms with E-state index in [9.17, 15) is 4.79 Å². The summed E-state index contributed by atoms with van der Waals surface area (Å²) in [4.78, 5) is 12.4. The molecule has 0 aliphatic carbocycles. The van der Waals surface area contributed by atoms with Crippen LogP contribution in [0.25, 0.3) is 0 Å². The quantitative estimate of drug-likeness (QED) is 0.912. The lowest BCUT2D eigenvalue weighted by atomic mass is 9.90. The Hall–Kier alpha value is -2.49. The van der Waals surface area contributed by atoms with Crippen molar-refractivity contribution >= 4 is 5.91 Å². The number of nitrogens with one attached hydrogen (secondary N) is 1. The zero-order valence-electron chi connectivity index (χ0n) is 15.3. The maximum absolute atomic E-state index is 12.4.